The molecule has 3 heterocycles. The van der Waals surface area contributed by atoms with E-state index in [1.165, 1.54) is 0 Å². The Labute approximate surface area is 256 Å². The highest BCUT2D eigenvalue weighted by molar-refractivity contribution is 6.62. The van der Waals surface area contributed by atoms with Crippen molar-refractivity contribution in [3.8, 4) is 33.9 Å². The fourth-order valence-electron chi connectivity index (χ4n) is 6.00. The summed E-state index contributed by atoms with van der Waals surface area (Å²) < 4.78 is 19.4. The van der Waals surface area contributed by atoms with E-state index in [0.717, 1.165) is 66.3 Å². The fraction of sp³-hybridized carbons (Fsp3) is 0.158. The molecule has 5 aromatic carbocycles. The average Bonchev–Trinajstić information content (AvgIpc) is 3.54. The average molecular weight is 574 g/mol. The van der Waals surface area contributed by atoms with Gasteiger partial charge < -0.3 is 13.7 Å². The summed E-state index contributed by atoms with van der Waals surface area (Å²) in [6.07, 6.45) is 0. The smallest absolute Gasteiger partial charge is 0.455 e. The minimum atomic E-state index is -0.464. The van der Waals surface area contributed by atoms with Gasteiger partial charge in [-0.15, -0.1) is 0 Å². The lowest BCUT2D eigenvalue weighted by molar-refractivity contribution is 0.00578. The number of hydrogen-bond donors (Lipinski definition) is 0. The Morgan fingerprint density at radius 3 is 2.02 bits per heavy atom. The topological polar surface area (TPSA) is 57.4 Å². The van der Waals surface area contributed by atoms with Crippen LogP contribution in [0.3, 0.4) is 0 Å². The van der Waals surface area contributed by atoms with Crippen LogP contribution >= 0.6 is 0 Å². The molecule has 44 heavy (non-hydrogen) atoms. The predicted molar refractivity (Wildman–Crippen MR) is 179 cm³/mol. The van der Waals surface area contributed by atoms with Gasteiger partial charge in [-0.1, -0.05) is 97.1 Å². The molecule has 5 nitrogen and oxygen atoms in total. The Bertz CT molecular complexity index is 2190. The molecule has 0 N–H and O–H groups in total. The first kappa shape index (κ1) is 26.8. The van der Waals surface area contributed by atoms with Crippen molar-refractivity contribution in [2.24, 2.45) is 0 Å². The van der Waals surface area contributed by atoms with Crippen LogP contribution in [-0.4, -0.2) is 28.3 Å². The standard InChI is InChI=1S/C38H31BN2O3/c1-37(2)38(3,4)44-39(43-37)27-16-10-15-26(22-27)32-23-33(41-36(40-32)25-13-6-5-7-14-25)31-19-11-18-29-30-21-20-24-12-8-9-17-28(24)34(30)42-35(29)31/h5-23H,1-4H3. The number of aromatic nitrogens is 2. The van der Waals surface area contributed by atoms with Crippen molar-refractivity contribution in [1.82, 2.24) is 9.97 Å². The Morgan fingerprint density at radius 1 is 0.545 bits per heavy atom. The third-order valence-electron chi connectivity index (χ3n) is 9.13. The van der Waals surface area contributed by atoms with Gasteiger partial charge in [0.1, 0.15) is 11.2 Å². The minimum absolute atomic E-state index is 0.424. The van der Waals surface area contributed by atoms with Crippen molar-refractivity contribution in [2.75, 3.05) is 0 Å². The van der Waals surface area contributed by atoms with Crippen molar-refractivity contribution in [1.29, 1.82) is 0 Å². The Kier molecular flexibility index (Phi) is 6.02. The van der Waals surface area contributed by atoms with E-state index < -0.39 is 18.3 Å². The maximum atomic E-state index is 6.67. The molecule has 1 aliphatic heterocycles. The lowest BCUT2D eigenvalue weighted by Crippen LogP contribution is -2.41. The first-order chi connectivity index (χ1) is 21.3. The molecule has 0 saturated carbocycles. The van der Waals surface area contributed by atoms with E-state index in [1.807, 2.05) is 42.5 Å². The van der Waals surface area contributed by atoms with Gasteiger partial charge in [0.2, 0.25) is 0 Å². The summed E-state index contributed by atoms with van der Waals surface area (Å²) in [5.74, 6) is 0.651. The molecule has 0 amide bonds. The van der Waals surface area contributed by atoms with E-state index >= 15 is 0 Å². The summed E-state index contributed by atoms with van der Waals surface area (Å²) in [7, 11) is -0.464. The molecule has 214 valence electrons. The molecular weight excluding hydrogens is 543 g/mol. The lowest BCUT2D eigenvalue weighted by atomic mass is 9.78. The van der Waals surface area contributed by atoms with E-state index in [-0.39, 0.29) is 0 Å². The predicted octanol–water partition coefficient (Wildman–Crippen LogP) is 8.83. The first-order valence-corrected chi connectivity index (χ1v) is 15.0. The van der Waals surface area contributed by atoms with Crippen LogP contribution in [0.4, 0.5) is 0 Å². The van der Waals surface area contributed by atoms with Crippen molar-refractivity contribution in [2.45, 2.75) is 38.9 Å². The molecule has 0 unspecified atom stereocenters. The van der Waals surface area contributed by atoms with E-state index in [0.29, 0.717) is 5.82 Å². The van der Waals surface area contributed by atoms with Crippen LogP contribution in [0.1, 0.15) is 27.7 Å². The molecule has 7 aromatic rings. The molecule has 0 atom stereocenters. The zero-order chi connectivity index (χ0) is 30.1. The van der Waals surface area contributed by atoms with Gasteiger partial charge in [-0.3, -0.25) is 0 Å². The van der Waals surface area contributed by atoms with Gasteiger partial charge in [0.15, 0.2) is 5.82 Å². The van der Waals surface area contributed by atoms with Crippen molar-refractivity contribution >= 4 is 45.3 Å². The van der Waals surface area contributed by atoms with E-state index in [1.54, 1.807) is 0 Å². The quantitative estimate of drug-likeness (QED) is 0.197. The van der Waals surface area contributed by atoms with Gasteiger partial charge in [0, 0.05) is 27.3 Å². The summed E-state index contributed by atoms with van der Waals surface area (Å²) in [6.45, 7) is 8.28. The van der Waals surface area contributed by atoms with Crippen LogP contribution in [0.25, 0.3) is 66.6 Å². The first-order valence-electron chi connectivity index (χ1n) is 15.0. The highest BCUT2D eigenvalue weighted by atomic mass is 16.7. The Hall–Kier alpha value is -4.78. The SMILES string of the molecule is CC1(C)OB(c2cccc(-c3cc(-c4cccc5c4oc4c6ccccc6ccc54)nc(-c4ccccc4)n3)c2)OC1(C)C. The second kappa shape index (κ2) is 9.88. The van der Waals surface area contributed by atoms with Crippen LogP contribution in [0.15, 0.2) is 120 Å². The number of furan rings is 1. The zero-order valence-electron chi connectivity index (χ0n) is 25.2. The monoisotopic (exact) mass is 574 g/mol. The molecule has 0 radical (unpaired) electrons. The van der Waals surface area contributed by atoms with Gasteiger partial charge in [0.05, 0.1) is 22.6 Å². The molecule has 2 aromatic heterocycles. The van der Waals surface area contributed by atoms with Crippen molar-refractivity contribution < 1.29 is 13.7 Å². The second-order valence-electron chi connectivity index (χ2n) is 12.5. The molecule has 0 aliphatic carbocycles. The molecular formula is C38H31BN2O3. The maximum absolute atomic E-state index is 6.67. The minimum Gasteiger partial charge on any atom is -0.455 e. The number of rotatable bonds is 4. The van der Waals surface area contributed by atoms with Crippen molar-refractivity contribution in [3.63, 3.8) is 0 Å². The Balaban J connectivity index is 1.31. The largest absolute Gasteiger partial charge is 0.494 e. The van der Waals surface area contributed by atoms with Gasteiger partial charge >= 0.3 is 7.12 Å². The summed E-state index contributed by atoms with van der Waals surface area (Å²) in [6, 6.07) is 39.3. The van der Waals surface area contributed by atoms with E-state index in [2.05, 4.69) is 100 Å². The number of benzene rings is 5. The number of hydrogen-bond acceptors (Lipinski definition) is 5. The van der Waals surface area contributed by atoms with Gasteiger partial charge in [-0.25, -0.2) is 9.97 Å². The molecule has 6 heteroatoms. The van der Waals surface area contributed by atoms with Gasteiger partial charge in [0.25, 0.3) is 0 Å². The number of nitrogens with zero attached hydrogens (tertiary/aromatic N) is 2. The highest BCUT2D eigenvalue weighted by Crippen LogP contribution is 2.40. The number of para-hydroxylation sites is 1. The van der Waals surface area contributed by atoms with Crippen LogP contribution in [0.2, 0.25) is 0 Å². The molecule has 0 bridgehead atoms. The summed E-state index contributed by atoms with van der Waals surface area (Å²) >= 11 is 0. The van der Waals surface area contributed by atoms with Gasteiger partial charge in [-0.2, -0.15) is 0 Å². The second-order valence-corrected chi connectivity index (χ2v) is 12.5. The molecule has 1 aliphatic rings. The van der Waals surface area contributed by atoms with Crippen LogP contribution in [-0.2, 0) is 9.31 Å². The molecule has 8 rings (SSSR count). The third-order valence-corrected chi connectivity index (χ3v) is 9.13. The highest BCUT2D eigenvalue weighted by Gasteiger charge is 2.51. The molecule has 1 saturated heterocycles. The van der Waals surface area contributed by atoms with E-state index in [9.17, 15) is 0 Å². The van der Waals surface area contributed by atoms with Crippen LogP contribution in [0, 0.1) is 0 Å². The third kappa shape index (κ3) is 4.33. The summed E-state index contributed by atoms with van der Waals surface area (Å²) in [4.78, 5) is 10.2. The number of fused-ring (bicyclic) bond motifs is 5. The molecule has 1 fully saturated rings. The summed E-state index contributed by atoms with van der Waals surface area (Å²) in [5.41, 5.74) is 6.24. The van der Waals surface area contributed by atoms with Crippen LogP contribution in [0.5, 0.6) is 0 Å². The van der Waals surface area contributed by atoms with E-state index in [4.69, 9.17) is 23.7 Å². The van der Waals surface area contributed by atoms with Crippen LogP contribution < -0.4 is 5.46 Å². The van der Waals surface area contributed by atoms with Crippen molar-refractivity contribution in [3.05, 3.63) is 115 Å². The van der Waals surface area contributed by atoms with Gasteiger partial charge in [-0.05, 0) is 62.3 Å². The summed E-state index contributed by atoms with van der Waals surface area (Å²) in [5, 5.41) is 4.40. The lowest BCUT2D eigenvalue weighted by Gasteiger charge is -2.32. The molecule has 0 spiro atoms. The fourth-order valence-corrected chi connectivity index (χ4v) is 6.00. The normalized spacial score (nSPS) is 15.9. The Morgan fingerprint density at radius 2 is 1.20 bits per heavy atom. The maximum Gasteiger partial charge on any atom is 0.494 e. The zero-order valence-corrected chi connectivity index (χ0v) is 25.2.